The largest absolute Gasteiger partial charge is 0.328 e. The fourth-order valence-electron chi connectivity index (χ4n) is 1.92. The lowest BCUT2D eigenvalue weighted by atomic mass is 10.2. The van der Waals surface area contributed by atoms with Crippen LogP contribution in [0.2, 0.25) is 5.02 Å². The summed E-state index contributed by atoms with van der Waals surface area (Å²) in [5, 5.41) is 6.43. The van der Waals surface area contributed by atoms with Gasteiger partial charge in [0.25, 0.3) is 5.91 Å². The number of hydrogen-bond acceptors (Lipinski definition) is 3. The van der Waals surface area contributed by atoms with Crippen LogP contribution in [-0.4, -0.2) is 11.0 Å². The smallest absolute Gasteiger partial charge is 0.273 e. The molecule has 1 aliphatic rings. The molecule has 0 atom stereocenters. The number of thiocarbonyl (C=S) groups is 1. The van der Waals surface area contributed by atoms with Crippen molar-refractivity contribution in [1.29, 1.82) is 0 Å². The van der Waals surface area contributed by atoms with Crippen LogP contribution in [0.3, 0.4) is 0 Å². The van der Waals surface area contributed by atoms with Crippen molar-refractivity contribution in [2.75, 3.05) is 0 Å². The van der Waals surface area contributed by atoms with E-state index in [1.54, 1.807) is 17.8 Å². The highest BCUT2D eigenvalue weighted by Gasteiger charge is 2.19. The van der Waals surface area contributed by atoms with E-state index in [0.29, 0.717) is 10.8 Å². The number of amides is 1. The van der Waals surface area contributed by atoms with Crippen molar-refractivity contribution < 1.29 is 4.79 Å². The number of hydrogen-bond donors (Lipinski definition) is 2. The first-order chi connectivity index (χ1) is 10.6. The van der Waals surface area contributed by atoms with Gasteiger partial charge in [-0.2, -0.15) is 0 Å². The number of nitrogens with one attached hydrogen (secondary N) is 2. The van der Waals surface area contributed by atoms with Crippen molar-refractivity contribution in [2.45, 2.75) is 9.79 Å². The summed E-state index contributed by atoms with van der Waals surface area (Å²) >= 11 is 12.4. The Balaban J connectivity index is 1.73. The maximum Gasteiger partial charge on any atom is 0.273 e. The van der Waals surface area contributed by atoms with Crippen LogP contribution in [0, 0.1) is 0 Å². The van der Waals surface area contributed by atoms with Crippen LogP contribution in [0.15, 0.2) is 64.0 Å². The monoisotopic (exact) mass is 346 g/mol. The molecule has 0 spiro atoms. The van der Waals surface area contributed by atoms with Gasteiger partial charge in [0, 0.05) is 14.8 Å². The Kier molecular flexibility index (Phi) is 4.47. The predicted octanol–water partition coefficient (Wildman–Crippen LogP) is 3.84. The van der Waals surface area contributed by atoms with Gasteiger partial charge in [0.2, 0.25) is 0 Å². The van der Waals surface area contributed by atoms with Gasteiger partial charge in [-0.1, -0.05) is 35.5 Å². The van der Waals surface area contributed by atoms with Gasteiger partial charge in [0.1, 0.15) is 5.70 Å². The zero-order chi connectivity index (χ0) is 15.5. The standard InChI is InChI=1S/C16H11ClN2OS2/c17-11-3-7-13(8-4-11)22-12-5-1-10(2-6-12)9-14-15(20)19-16(21)18-14/h1-9H,(H2,18,19,20,21). The molecule has 1 amide bonds. The van der Waals surface area contributed by atoms with Crippen LogP contribution < -0.4 is 10.6 Å². The van der Waals surface area contributed by atoms with Gasteiger partial charge in [0.15, 0.2) is 5.11 Å². The van der Waals surface area contributed by atoms with Crippen molar-refractivity contribution in [3.8, 4) is 0 Å². The fourth-order valence-corrected chi connectivity index (χ4v) is 3.07. The second-order valence-electron chi connectivity index (χ2n) is 4.59. The van der Waals surface area contributed by atoms with Crippen LogP contribution in [0.5, 0.6) is 0 Å². The molecule has 1 heterocycles. The molecule has 0 aromatic heterocycles. The first-order valence-electron chi connectivity index (χ1n) is 6.48. The van der Waals surface area contributed by atoms with Crippen molar-refractivity contribution in [1.82, 2.24) is 10.6 Å². The Morgan fingerprint density at radius 1 is 0.955 bits per heavy atom. The van der Waals surface area contributed by atoms with E-state index < -0.39 is 0 Å². The SMILES string of the molecule is O=C1NC(=S)NC1=Cc1ccc(Sc2ccc(Cl)cc2)cc1. The highest BCUT2D eigenvalue weighted by molar-refractivity contribution is 7.99. The van der Waals surface area contributed by atoms with Crippen LogP contribution >= 0.6 is 35.6 Å². The summed E-state index contributed by atoms with van der Waals surface area (Å²) in [5.74, 6) is -0.204. The number of benzene rings is 2. The Bertz CT molecular complexity index is 755. The molecule has 110 valence electrons. The first kappa shape index (κ1) is 15.1. The maximum atomic E-state index is 11.6. The molecule has 3 nitrogen and oxygen atoms in total. The third-order valence-electron chi connectivity index (χ3n) is 2.96. The van der Waals surface area contributed by atoms with E-state index in [1.165, 1.54) is 0 Å². The Morgan fingerprint density at radius 3 is 2.09 bits per heavy atom. The van der Waals surface area contributed by atoms with E-state index in [1.807, 2.05) is 48.5 Å². The van der Waals surface area contributed by atoms with E-state index in [9.17, 15) is 4.79 Å². The van der Waals surface area contributed by atoms with Crippen LogP contribution in [0.4, 0.5) is 0 Å². The zero-order valence-corrected chi connectivity index (χ0v) is 13.7. The summed E-state index contributed by atoms with van der Waals surface area (Å²) in [6.45, 7) is 0. The van der Waals surface area contributed by atoms with Gasteiger partial charge in [-0.25, -0.2) is 0 Å². The van der Waals surface area contributed by atoms with E-state index in [0.717, 1.165) is 20.4 Å². The molecular weight excluding hydrogens is 336 g/mol. The van der Waals surface area contributed by atoms with Gasteiger partial charge in [0.05, 0.1) is 0 Å². The highest BCUT2D eigenvalue weighted by atomic mass is 35.5. The van der Waals surface area contributed by atoms with Gasteiger partial charge in [-0.15, -0.1) is 0 Å². The second-order valence-corrected chi connectivity index (χ2v) is 6.58. The summed E-state index contributed by atoms with van der Waals surface area (Å²) in [5.41, 5.74) is 1.39. The minimum absolute atomic E-state index is 0.204. The molecule has 1 saturated heterocycles. The summed E-state index contributed by atoms with van der Waals surface area (Å²) in [6, 6.07) is 15.6. The minimum Gasteiger partial charge on any atom is -0.328 e. The summed E-state index contributed by atoms with van der Waals surface area (Å²) < 4.78 is 0. The molecule has 3 rings (SSSR count). The average molecular weight is 347 g/mol. The predicted molar refractivity (Wildman–Crippen MR) is 93.9 cm³/mol. The molecule has 22 heavy (non-hydrogen) atoms. The third-order valence-corrected chi connectivity index (χ3v) is 4.43. The van der Waals surface area contributed by atoms with Crippen molar-refractivity contribution in [2.24, 2.45) is 0 Å². The number of carbonyl (C=O) groups is 1. The lowest BCUT2D eigenvalue weighted by Crippen LogP contribution is -2.21. The molecule has 2 N–H and O–H groups in total. The van der Waals surface area contributed by atoms with E-state index in [4.69, 9.17) is 23.8 Å². The van der Waals surface area contributed by atoms with Crippen molar-refractivity contribution in [3.05, 3.63) is 64.8 Å². The lowest BCUT2D eigenvalue weighted by molar-refractivity contribution is -0.115. The molecule has 2 aromatic rings. The zero-order valence-electron chi connectivity index (χ0n) is 11.3. The van der Waals surface area contributed by atoms with Crippen molar-refractivity contribution >= 4 is 52.7 Å². The number of rotatable bonds is 3. The normalized spacial score (nSPS) is 15.8. The van der Waals surface area contributed by atoms with Gasteiger partial charge in [-0.3, -0.25) is 10.1 Å². The Labute approximate surface area is 142 Å². The second kappa shape index (κ2) is 6.52. The quantitative estimate of drug-likeness (QED) is 0.654. The summed E-state index contributed by atoms with van der Waals surface area (Å²) in [6.07, 6.45) is 1.77. The average Bonchev–Trinajstić information content (AvgIpc) is 2.81. The number of carbonyl (C=O) groups excluding carboxylic acids is 1. The molecule has 0 saturated carbocycles. The van der Waals surface area contributed by atoms with Gasteiger partial charge in [-0.05, 0) is 60.3 Å². The van der Waals surface area contributed by atoms with Crippen LogP contribution in [-0.2, 0) is 4.79 Å². The van der Waals surface area contributed by atoms with E-state index in [-0.39, 0.29) is 5.91 Å². The fraction of sp³-hybridized carbons (Fsp3) is 0. The molecule has 0 aliphatic carbocycles. The topological polar surface area (TPSA) is 41.1 Å². The third kappa shape index (κ3) is 3.68. The first-order valence-corrected chi connectivity index (χ1v) is 8.08. The Morgan fingerprint density at radius 2 is 1.55 bits per heavy atom. The van der Waals surface area contributed by atoms with Crippen LogP contribution in [0.25, 0.3) is 6.08 Å². The summed E-state index contributed by atoms with van der Waals surface area (Å²) in [4.78, 5) is 13.8. The Hall–Kier alpha value is -1.82. The van der Waals surface area contributed by atoms with E-state index in [2.05, 4.69) is 10.6 Å². The maximum absolute atomic E-state index is 11.6. The van der Waals surface area contributed by atoms with Crippen molar-refractivity contribution in [3.63, 3.8) is 0 Å². The molecular formula is C16H11ClN2OS2. The highest BCUT2D eigenvalue weighted by Crippen LogP contribution is 2.28. The minimum atomic E-state index is -0.204. The molecule has 6 heteroatoms. The molecule has 1 fully saturated rings. The van der Waals surface area contributed by atoms with E-state index >= 15 is 0 Å². The summed E-state index contributed by atoms with van der Waals surface area (Å²) in [7, 11) is 0. The molecule has 0 radical (unpaired) electrons. The molecule has 2 aromatic carbocycles. The van der Waals surface area contributed by atoms with Gasteiger partial charge >= 0.3 is 0 Å². The molecule has 0 bridgehead atoms. The number of halogens is 1. The van der Waals surface area contributed by atoms with Gasteiger partial charge < -0.3 is 5.32 Å². The van der Waals surface area contributed by atoms with Crippen LogP contribution in [0.1, 0.15) is 5.56 Å². The molecule has 1 aliphatic heterocycles. The lowest BCUT2D eigenvalue weighted by Gasteiger charge is -2.03. The molecule has 0 unspecified atom stereocenters.